The average Bonchev–Trinajstić information content (AvgIpc) is 2.93. The summed E-state index contributed by atoms with van der Waals surface area (Å²) in [4.78, 5) is 0. The summed E-state index contributed by atoms with van der Waals surface area (Å²) in [5.74, 6) is 1.40. The van der Waals surface area contributed by atoms with Gasteiger partial charge in [-0.3, -0.25) is 4.68 Å². The van der Waals surface area contributed by atoms with Gasteiger partial charge in [0.1, 0.15) is 0 Å². The molecule has 0 aliphatic heterocycles. The Balaban J connectivity index is 1.73. The van der Waals surface area contributed by atoms with Gasteiger partial charge in [0, 0.05) is 31.4 Å². The van der Waals surface area contributed by atoms with E-state index >= 15 is 0 Å². The highest BCUT2D eigenvalue weighted by Crippen LogP contribution is 2.65. The van der Waals surface area contributed by atoms with Crippen molar-refractivity contribution in [2.75, 3.05) is 0 Å². The molecule has 2 aliphatic carbocycles. The largest absolute Gasteiger partial charge is 0.309 e. The van der Waals surface area contributed by atoms with Crippen molar-refractivity contribution in [3.8, 4) is 0 Å². The second-order valence-electron chi connectivity index (χ2n) is 8.41. The number of aryl methyl sites for hydroxylation is 1. The number of fused-ring (bicyclic) bond motifs is 2. The summed E-state index contributed by atoms with van der Waals surface area (Å²) in [6.07, 6.45) is 6.34. The van der Waals surface area contributed by atoms with Crippen molar-refractivity contribution in [2.24, 2.45) is 23.8 Å². The van der Waals surface area contributed by atoms with Crippen molar-refractivity contribution in [1.29, 1.82) is 0 Å². The quantitative estimate of drug-likeness (QED) is 0.912. The second kappa shape index (κ2) is 4.84. The van der Waals surface area contributed by atoms with Crippen LogP contribution >= 0.6 is 0 Å². The zero-order chi connectivity index (χ0) is 15.4. The maximum atomic E-state index is 4.63. The van der Waals surface area contributed by atoms with E-state index in [9.17, 15) is 0 Å². The summed E-state index contributed by atoms with van der Waals surface area (Å²) in [6.45, 7) is 12.9. The molecule has 0 radical (unpaired) electrons. The molecule has 1 aromatic heterocycles. The molecular weight excluding hydrogens is 258 g/mol. The number of hydrogen-bond acceptors (Lipinski definition) is 2. The zero-order valence-corrected chi connectivity index (χ0v) is 14.5. The molecule has 3 atom stereocenters. The van der Waals surface area contributed by atoms with Gasteiger partial charge in [0.15, 0.2) is 0 Å². The van der Waals surface area contributed by atoms with E-state index in [2.05, 4.69) is 51.2 Å². The van der Waals surface area contributed by atoms with Crippen molar-refractivity contribution in [2.45, 2.75) is 72.4 Å². The van der Waals surface area contributed by atoms with Crippen LogP contribution in [-0.4, -0.2) is 15.8 Å². The highest BCUT2D eigenvalue weighted by molar-refractivity contribution is 5.21. The van der Waals surface area contributed by atoms with Crippen LogP contribution in [0.25, 0.3) is 0 Å². The van der Waals surface area contributed by atoms with Crippen LogP contribution in [0.2, 0.25) is 0 Å². The van der Waals surface area contributed by atoms with E-state index in [1.807, 2.05) is 11.7 Å². The number of aromatic nitrogens is 2. The lowest BCUT2D eigenvalue weighted by Crippen LogP contribution is -2.44. The predicted molar refractivity (Wildman–Crippen MR) is 87.2 cm³/mol. The number of rotatable bonds is 4. The number of nitrogens with one attached hydrogen (secondary N) is 1. The number of nitrogens with zero attached hydrogens (tertiary/aromatic N) is 2. The third-order valence-corrected chi connectivity index (χ3v) is 6.82. The van der Waals surface area contributed by atoms with E-state index in [1.54, 1.807) is 0 Å². The Kier molecular flexibility index (Phi) is 3.47. The summed E-state index contributed by atoms with van der Waals surface area (Å²) in [7, 11) is 2.03. The molecule has 2 aliphatic rings. The minimum atomic E-state index is 0.456. The van der Waals surface area contributed by atoms with Gasteiger partial charge < -0.3 is 5.32 Å². The lowest BCUT2D eigenvalue weighted by molar-refractivity contribution is 0.120. The van der Waals surface area contributed by atoms with Gasteiger partial charge in [0.05, 0.1) is 5.69 Å². The van der Waals surface area contributed by atoms with Crippen LogP contribution in [-0.2, 0) is 13.6 Å². The summed E-state index contributed by atoms with van der Waals surface area (Å²) >= 11 is 0. The first-order valence-electron chi connectivity index (χ1n) is 8.51. The maximum Gasteiger partial charge on any atom is 0.0694 e. The fourth-order valence-corrected chi connectivity index (χ4v) is 4.92. The van der Waals surface area contributed by atoms with Gasteiger partial charge >= 0.3 is 0 Å². The molecule has 3 heteroatoms. The summed E-state index contributed by atoms with van der Waals surface area (Å²) in [6, 6.07) is 0.659. The van der Waals surface area contributed by atoms with E-state index in [0.29, 0.717) is 22.8 Å². The normalized spacial score (nSPS) is 34.0. The summed E-state index contributed by atoms with van der Waals surface area (Å²) in [5.41, 5.74) is 3.56. The monoisotopic (exact) mass is 289 g/mol. The fraction of sp³-hybridized carbons (Fsp3) is 0.833. The molecule has 0 amide bonds. The Morgan fingerprint density at radius 3 is 2.62 bits per heavy atom. The van der Waals surface area contributed by atoms with Gasteiger partial charge in [-0.2, -0.15) is 5.10 Å². The van der Waals surface area contributed by atoms with E-state index < -0.39 is 0 Å². The van der Waals surface area contributed by atoms with Gasteiger partial charge in [-0.15, -0.1) is 0 Å². The molecule has 1 N–H and O–H groups in total. The smallest absolute Gasteiger partial charge is 0.0694 e. The van der Waals surface area contributed by atoms with Crippen molar-refractivity contribution in [3.05, 3.63) is 17.5 Å². The molecule has 0 spiro atoms. The van der Waals surface area contributed by atoms with Crippen LogP contribution in [0.4, 0.5) is 0 Å². The molecule has 3 rings (SSSR count). The molecule has 2 saturated carbocycles. The van der Waals surface area contributed by atoms with Crippen LogP contribution in [0.1, 0.15) is 71.1 Å². The van der Waals surface area contributed by atoms with Crippen LogP contribution in [0.3, 0.4) is 0 Å². The van der Waals surface area contributed by atoms with Crippen LogP contribution in [0.5, 0.6) is 0 Å². The van der Waals surface area contributed by atoms with Crippen molar-refractivity contribution in [3.63, 3.8) is 0 Å². The van der Waals surface area contributed by atoms with Gasteiger partial charge in [0.25, 0.3) is 0 Å². The standard InChI is InChI=1S/C18H31N3/c1-12(2)16-13(11-21(6)20-16)10-19-15-9-14-7-8-18(15,5)17(14,3)4/h11-12,14-15,19H,7-10H2,1-6H3. The third kappa shape index (κ3) is 2.16. The topological polar surface area (TPSA) is 29.9 Å². The first kappa shape index (κ1) is 15.1. The van der Waals surface area contributed by atoms with E-state index in [-0.39, 0.29) is 0 Å². The fourth-order valence-electron chi connectivity index (χ4n) is 4.92. The lowest BCUT2D eigenvalue weighted by atomic mass is 9.69. The van der Waals surface area contributed by atoms with Gasteiger partial charge in [-0.05, 0) is 41.9 Å². The molecular formula is C18H31N3. The molecule has 21 heavy (non-hydrogen) atoms. The molecule has 2 fully saturated rings. The molecule has 2 bridgehead atoms. The molecule has 3 unspecified atom stereocenters. The Bertz CT molecular complexity index is 529. The van der Waals surface area contributed by atoms with Crippen LogP contribution in [0, 0.1) is 16.7 Å². The molecule has 0 aromatic carbocycles. The number of hydrogen-bond donors (Lipinski definition) is 1. The molecule has 3 nitrogen and oxygen atoms in total. The van der Waals surface area contributed by atoms with E-state index in [1.165, 1.54) is 30.5 Å². The predicted octanol–water partition coefficient (Wildman–Crippen LogP) is 3.85. The van der Waals surface area contributed by atoms with Crippen molar-refractivity contribution in [1.82, 2.24) is 15.1 Å². The Morgan fingerprint density at radius 2 is 2.10 bits per heavy atom. The molecule has 0 saturated heterocycles. The van der Waals surface area contributed by atoms with Crippen LogP contribution in [0.15, 0.2) is 6.20 Å². The zero-order valence-electron chi connectivity index (χ0n) is 14.5. The van der Waals surface area contributed by atoms with Gasteiger partial charge in [-0.25, -0.2) is 0 Å². The van der Waals surface area contributed by atoms with Crippen LogP contribution < -0.4 is 5.32 Å². The minimum absolute atomic E-state index is 0.456. The minimum Gasteiger partial charge on any atom is -0.309 e. The third-order valence-electron chi connectivity index (χ3n) is 6.82. The Labute approximate surface area is 129 Å². The van der Waals surface area contributed by atoms with E-state index in [0.717, 1.165) is 12.5 Å². The van der Waals surface area contributed by atoms with Crippen molar-refractivity contribution < 1.29 is 0 Å². The van der Waals surface area contributed by atoms with Crippen molar-refractivity contribution >= 4 is 0 Å². The molecule has 1 heterocycles. The highest BCUT2D eigenvalue weighted by atomic mass is 15.3. The molecule has 118 valence electrons. The first-order valence-corrected chi connectivity index (χ1v) is 8.51. The van der Waals surface area contributed by atoms with Gasteiger partial charge in [-0.1, -0.05) is 34.6 Å². The van der Waals surface area contributed by atoms with E-state index in [4.69, 9.17) is 0 Å². The first-order chi connectivity index (χ1) is 9.75. The average molecular weight is 289 g/mol. The summed E-state index contributed by atoms with van der Waals surface area (Å²) in [5, 5.41) is 8.51. The SMILES string of the molecule is CC(C)c1nn(C)cc1CNC1CC2CCC1(C)C2(C)C. The molecule has 1 aromatic rings. The van der Waals surface area contributed by atoms with Gasteiger partial charge in [0.2, 0.25) is 0 Å². The summed E-state index contributed by atoms with van der Waals surface area (Å²) < 4.78 is 1.96. The second-order valence-corrected chi connectivity index (χ2v) is 8.41. The Hall–Kier alpha value is -0.830. The lowest BCUT2D eigenvalue weighted by Gasteiger charge is -2.39. The highest BCUT2D eigenvalue weighted by Gasteiger charge is 2.60. The maximum absolute atomic E-state index is 4.63. The Morgan fingerprint density at radius 1 is 1.38 bits per heavy atom.